The molecule has 0 spiro atoms. The van der Waals surface area contributed by atoms with Gasteiger partial charge in [0, 0.05) is 24.7 Å². The van der Waals surface area contributed by atoms with E-state index >= 15 is 0 Å². The fourth-order valence-corrected chi connectivity index (χ4v) is 4.21. The highest BCUT2D eigenvalue weighted by Gasteiger charge is 2.27. The maximum absolute atomic E-state index is 12.4. The molecular formula is C14H22ClN3O4S. The lowest BCUT2D eigenvalue weighted by Gasteiger charge is -2.29. The molecule has 0 aromatic heterocycles. The van der Waals surface area contributed by atoms with Crippen LogP contribution in [0.2, 0.25) is 0 Å². The quantitative estimate of drug-likeness (QED) is 0.593. The summed E-state index contributed by atoms with van der Waals surface area (Å²) < 4.78 is 27.4. The molecule has 0 radical (unpaired) electrons. The van der Waals surface area contributed by atoms with Crippen LogP contribution < -0.4 is 10.5 Å². The summed E-state index contributed by atoms with van der Waals surface area (Å²) >= 11 is 0. The van der Waals surface area contributed by atoms with Gasteiger partial charge in [-0.2, -0.15) is 0 Å². The minimum atomic E-state index is -3.72. The number of nitrogens with two attached hydrogens (primary N) is 1. The predicted octanol–water partition coefficient (Wildman–Crippen LogP) is 2.20. The van der Waals surface area contributed by atoms with E-state index < -0.39 is 14.9 Å². The van der Waals surface area contributed by atoms with Crippen molar-refractivity contribution in [3.05, 3.63) is 34.4 Å². The van der Waals surface area contributed by atoms with Crippen LogP contribution in [0, 0.1) is 16.0 Å². The van der Waals surface area contributed by atoms with E-state index in [1.807, 2.05) is 0 Å². The van der Waals surface area contributed by atoms with Crippen LogP contribution in [-0.2, 0) is 10.0 Å². The average Bonchev–Trinajstić information content (AvgIpc) is 2.53. The van der Waals surface area contributed by atoms with E-state index in [0.717, 1.165) is 25.7 Å². The van der Waals surface area contributed by atoms with Crippen molar-refractivity contribution in [3.63, 3.8) is 0 Å². The minimum absolute atomic E-state index is 0. The Morgan fingerprint density at radius 2 is 1.78 bits per heavy atom. The molecule has 0 heterocycles. The number of nitro benzene ring substituents is 1. The normalized spacial score (nSPS) is 17.3. The Balaban J connectivity index is 0.00000264. The molecule has 0 bridgehead atoms. The number of sulfonamides is 1. The van der Waals surface area contributed by atoms with E-state index in [1.165, 1.54) is 30.7 Å². The largest absolute Gasteiger partial charge is 0.329 e. The fourth-order valence-electron chi connectivity index (χ4n) is 2.89. The third-order valence-corrected chi connectivity index (χ3v) is 5.64. The van der Waals surface area contributed by atoms with E-state index in [2.05, 4.69) is 4.72 Å². The van der Waals surface area contributed by atoms with Gasteiger partial charge in [0.15, 0.2) is 0 Å². The number of non-ortho nitro benzene ring substituents is 1. The van der Waals surface area contributed by atoms with Gasteiger partial charge in [-0.25, -0.2) is 13.1 Å². The third-order valence-electron chi connectivity index (χ3n) is 4.14. The number of halogens is 1. The van der Waals surface area contributed by atoms with Gasteiger partial charge in [-0.3, -0.25) is 10.1 Å². The Bertz CT molecular complexity index is 615. The van der Waals surface area contributed by atoms with E-state index in [4.69, 9.17) is 5.73 Å². The summed E-state index contributed by atoms with van der Waals surface area (Å²) in [6.45, 7) is 0.247. The number of nitrogens with zero attached hydrogens (tertiary/aromatic N) is 1. The molecule has 130 valence electrons. The van der Waals surface area contributed by atoms with Gasteiger partial charge in [0.2, 0.25) is 10.0 Å². The van der Waals surface area contributed by atoms with Crippen molar-refractivity contribution >= 4 is 28.1 Å². The first-order valence-electron chi connectivity index (χ1n) is 7.41. The zero-order valence-corrected chi connectivity index (χ0v) is 14.3. The van der Waals surface area contributed by atoms with Crippen molar-refractivity contribution in [2.24, 2.45) is 11.7 Å². The SMILES string of the molecule is Cl.NCC(NS(=O)(=O)c1ccc([N+](=O)[O-])cc1)C1CCCCC1. The lowest BCUT2D eigenvalue weighted by molar-refractivity contribution is -0.384. The Kier molecular flexibility index (Phi) is 7.40. The molecule has 23 heavy (non-hydrogen) atoms. The lowest BCUT2D eigenvalue weighted by atomic mass is 9.84. The summed E-state index contributed by atoms with van der Waals surface area (Å²) in [5.41, 5.74) is 5.60. The molecule has 1 saturated carbocycles. The predicted molar refractivity (Wildman–Crippen MR) is 90.1 cm³/mol. The van der Waals surface area contributed by atoms with Crippen molar-refractivity contribution in [2.75, 3.05) is 6.54 Å². The average molecular weight is 364 g/mol. The Labute approximate surface area is 142 Å². The van der Waals surface area contributed by atoms with Crippen LogP contribution in [0.15, 0.2) is 29.2 Å². The van der Waals surface area contributed by atoms with Gasteiger partial charge in [-0.15, -0.1) is 12.4 Å². The third kappa shape index (κ3) is 5.13. The zero-order valence-electron chi connectivity index (χ0n) is 12.7. The van der Waals surface area contributed by atoms with Crippen LogP contribution in [-0.4, -0.2) is 25.9 Å². The van der Waals surface area contributed by atoms with Crippen molar-refractivity contribution < 1.29 is 13.3 Å². The molecule has 0 saturated heterocycles. The summed E-state index contributed by atoms with van der Waals surface area (Å²) in [6.07, 6.45) is 5.33. The summed E-state index contributed by atoms with van der Waals surface area (Å²) in [7, 11) is -3.72. The van der Waals surface area contributed by atoms with Crippen LogP contribution in [0.5, 0.6) is 0 Å². The molecule has 7 nitrogen and oxygen atoms in total. The summed E-state index contributed by atoms with van der Waals surface area (Å²) in [6, 6.07) is 4.57. The fraction of sp³-hybridized carbons (Fsp3) is 0.571. The first-order valence-corrected chi connectivity index (χ1v) is 8.89. The second kappa shape index (κ2) is 8.58. The van der Waals surface area contributed by atoms with Crippen molar-refractivity contribution in [3.8, 4) is 0 Å². The van der Waals surface area contributed by atoms with Crippen LogP contribution in [0.4, 0.5) is 5.69 Å². The van der Waals surface area contributed by atoms with Gasteiger partial charge in [0.1, 0.15) is 0 Å². The second-order valence-corrected chi connectivity index (χ2v) is 7.33. The highest BCUT2D eigenvalue weighted by Crippen LogP contribution is 2.27. The van der Waals surface area contributed by atoms with Crippen molar-refractivity contribution in [1.29, 1.82) is 0 Å². The van der Waals surface area contributed by atoms with Crippen LogP contribution in [0.1, 0.15) is 32.1 Å². The highest BCUT2D eigenvalue weighted by atomic mass is 35.5. The molecule has 0 aliphatic heterocycles. The van der Waals surface area contributed by atoms with E-state index in [1.54, 1.807) is 0 Å². The van der Waals surface area contributed by atoms with Gasteiger partial charge < -0.3 is 5.73 Å². The number of nitro groups is 1. The Morgan fingerprint density at radius 3 is 2.26 bits per heavy atom. The van der Waals surface area contributed by atoms with Crippen molar-refractivity contribution in [1.82, 2.24) is 4.72 Å². The Hall–Kier alpha value is -1.22. The minimum Gasteiger partial charge on any atom is -0.329 e. The van der Waals surface area contributed by atoms with Crippen LogP contribution in [0.25, 0.3) is 0 Å². The summed E-state index contributed by atoms with van der Waals surface area (Å²) in [5.74, 6) is 0.256. The maximum Gasteiger partial charge on any atom is 0.269 e. The number of hydrogen-bond donors (Lipinski definition) is 2. The molecule has 3 N–H and O–H groups in total. The highest BCUT2D eigenvalue weighted by molar-refractivity contribution is 7.89. The van der Waals surface area contributed by atoms with Gasteiger partial charge in [0.05, 0.1) is 9.82 Å². The number of hydrogen-bond acceptors (Lipinski definition) is 5. The first kappa shape index (κ1) is 19.8. The van der Waals surface area contributed by atoms with Gasteiger partial charge in [-0.05, 0) is 30.9 Å². The van der Waals surface area contributed by atoms with E-state index in [9.17, 15) is 18.5 Å². The second-order valence-electron chi connectivity index (χ2n) is 5.61. The Morgan fingerprint density at radius 1 is 1.22 bits per heavy atom. The van der Waals surface area contributed by atoms with Crippen molar-refractivity contribution in [2.45, 2.75) is 43.0 Å². The van der Waals surface area contributed by atoms with Gasteiger partial charge in [-0.1, -0.05) is 19.3 Å². The molecule has 2 rings (SSSR count). The van der Waals surface area contributed by atoms with Crippen LogP contribution >= 0.6 is 12.4 Å². The zero-order chi connectivity index (χ0) is 16.2. The molecule has 1 aliphatic carbocycles. The van der Waals surface area contributed by atoms with E-state index in [0.29, 0.717) is 0 Å². The number of benzene rings is 1. The molecule has 1 aliphatic rings. The molecule has 9 heteroatoms. The molecular weight excluding hydrogens is 342 g/mol. The summed E-state index contributed by atoms with van der Waals surface area (Å²) in [4.78, 5) is 10.1. The molecule has 1 fully saturated rings. The lowest BCUT2D eigenvalue weighted by Crippen LogP contribution is -2.45. The standard InChI is InChI=1S/C14H21N3O4S.ClH/c15-10-14(11-4-2-1-3-5-11)16-22(20,21)13-8-6-12(7-9-13)17(18)19;/h6-9,11,14,16H,1-5,10,15H2;1H. The monoisotopic (exact) mass is 363 g/mol. The smallest absolute Gasteiger partial charge is 0.269 e. The molecule has 1 atom stereocenters. The van der Waals surface area contributed by atoms with E-state index in [-0.39, 0.29) is 41.5 Å². The van der Waals surface area contributed by atoms with Gasteiger partial charge in [0.25, 0.3) is 5.69 Å². The number of rotatable bonds is 6. The molecule has 0 amide bonds. The molecule has 1 unspecified atom stereocenters. The molecule has 1 aromatic rings. The van der Waals surface area contributed by atoms with Crippen LogP contribution in [0.3, 0.4) is 0 Å². The summed E-state index contributed by atoms with van der Waals surface area (Å²) in [5, 5.41) is 10.6. The first-order chi connectivity index (χ1) is 10.4. The molecule has 1 aromatic carbocycles. The maximum atomic E-state index is 12.4. The topological polar surface area (TPSA) is 115 Å². The van der Waals surface area contributed by atoms with Gasteiger partial charge >= 0.3 is 0 Å². The number of nitrogens with one attached hydrogen (secondary N) is 1.